The van der Waals surface area contributed by atoms with Gasteiger partial charge in [0.25, 0.3) is 0 Å². The topological polar surface area (TPSA) is 92.7 Å². The summed E-state index contributed by atoms with van der Waals surface area (Å²) in [6.45, 7) is 3.57. The Labute approximate surface area is 171 Å². The lowest BCUT2D eigenvalue weighted by Crippen LogP contribution is -2.45. The quantitative estimate of drug-likeness (QED) is 0.800. The van der Waals surface area contributed by atoms with Gasteiger partial charge in [0.05, 0.1) is 16.7 Å². The van der Waals surface area contributed by atoms with Crippen molar-refractivity contribution >= 4 is 17.6 Å². The molecule has 1 fully saturated rings. The standard InChI is InChI=1S/C21H19F2N5O2/c1-10-13-8-16(17-14(22)4-3-5-15(17)23)26-27-18(10)21(7-6-12(13)9-21)19(29)25-20-24-11(2)28-30-20/h3-5,8,12,18H,6-7,9H2,1-2H3,(H,24,25,28,29)/t12-,18?,21-/m0/s1. The van der Waals surface area contributed by atoms with Crippen LogP contribution in [0.4, 0.5) is 14.8 Å². The highest BCUT2D eigenvalue weighted by molar-refractivity contribution is 5.95. The van der Waals surface area contributed by atoms with Gasteiger partial charge in [-0.1, -0.05) is 11.2 Å². The van der Waals surface area contributed by atoms with Crippen LogP contribution < -0.4 is 5.32 Å². The maximum absolute atomic E-state index is 14.4. The van der Waals surface area contributed by atoms with E-state index in [9.17, 15) is 13.6 Å². The fourth-order valence-electron chi connectivity index (χ4n) is 4.97. The van der Waals surface area contributed by atoms with Gasteiger partial charge in [-0.15, -0.1) is 0 Å². The van der Waals surface area contributed by atoms with E-state index in [0.29, 0.717) is 18.7 Å². The summed E-state index contributed by atoms with van der Waals surface area (Å²) in [5, 5.41) is 15.0. The maximum Gasteiger partial charge on any atom is 0.328 e. The molecule has 4 bridgehead atoms. The number of aromatic nitrogens is 2. The van der Waals surface area contributed by atoms with Gasteiger partial charge in [-0.2, -0.15) is 15.2 Å². The van der Waals surface area contributed by atoms with Gasteiger partial charge >= 0.3 is 6.01 Å². The molecule has 1 saturated carbocycles. The van der Waals surface area contributed by atoms with Crippen molar-refractivity contribution < 1.29 is 18.1 Å². The summed E-state index contributed by atoms with van der Waals surface area (Å²) in [6, 6.07) is 3.21. The number of amides is 1. The lowest BCUT2D eigenvalue weighted by molar-refractivity contribution is -0.126. The van der Waals surface area contributed by atoms with Crippen molar-refractivity contribution in [3.63, 3.8) is 0 Å². The number of rotatable bonds is 3. The lowest BCUT2D eigenvalue weighted by Gasteiger charge is -2.37. The van der Waals surface area contributed by atoms with Crippen molar-refractivity contribution in [3.05, 3.63) is 58.4 Å². The van der Waals surface area contributed by atoms with Crippen LogP contribution in [0.1, 0.15) is 37.6 Å². The maximum atomic E-state index is 14.4. The molecule has 1 amide bonds. The fraction of sp³-hybridized carbons (Fsp3) is 0.381. The van der Waals surface area contributed by atoms with E-state index in [1.807, 2.05) is 6.92 Å². The number of carbonyl (C=O) groups excluding carboxylic acids is 1. The van der Waals surface area contributed by atoms with Gasteiger partial charge in [-0.05, 0) is 68.4 Å². The minimum atomic E-state index is -0.818. The Morgan fingerprint density at radius 2 is 2.03 bits per heavy atom. The Morgan fingerprint density at radius 1 is 1.27 bits per heavy atom. The molecule has 1 unspecified atom stereocenters. The summed E-state index contributed by atoms with van der Waals surface area (Å²) < 4.78 is 33.7. The molecule has 1 aliphatic heterocycles. The summed E-state index contributed by atoms with van der Waals surface area (Å²) in [5.41, 5.74) is 0.970. The van der Waals surface area contributed by atoms with Crippen LogP contribution in [-0.2, 0) is 4.79 Å². The number of aryl methyl sites for hydroxylation is 1. The first-order valence-corrected chi connectivity index (χ1v) is 9.78. The van der Waals surface area contributed by atoms with Crippen molar-refractivity contribution in [3.8, 4) is 0 Å². The van der Waals surface area contributed by atoms with Gasteiger partial charge < -0.3 is 4.52 Å². The normalized spacial score (nSPS) is 27.1. The van der Waals surface area contributed by atoms with Crippen LogP contribution in [0.3, 0.4) is 0 Å². The van der Waals surface area contributed by atoms with E-state index >= 15 is 0 Å². The molecule has 2 aromatic rings. The molecule has 30 heavy (non-hydrogen) atoms. The Morgan fingerprint density at radius 3 is 2.73 bits per heavy atom. The van der Waals surface area contributed by atoms with Crippen molar-refractivity contribution in [2.75, 3.05) is 5.32 Å². The highest BCUT2D eigenvalue weighted by Crippen LogP contribution is 2.57. The molecule has 9 heteroatoms. The molecule has 1 aromatic heterocycles. The van der Waals surface area contributed by atoms with Crippen molar-refractivity contribution in [1.29, 1.82) is 0 Å². The molecule has 154 valence electrons. The molecule has 2 aliphatic carbocycles. The van der Waals surface area contributed by atoms with Gasteiger partial charge in [0.15, 0.2) is 5.82 Å². The number of hydrogen-bond donors (Lipinski definition) is 1. The zero-order chi connectivity index (χ0) is 21.0. The molecular formula is C21H19F2N5O2. The minimum Gasteiger partial charge on any atom is -0.315 e. The van der Waals surface area contributed by atoms with Gasteiger partial charge in [0.2, 0.25) is 5.91 Å². The van der Waals surface area contributed by atoms with Crippen LogP contribution >= 0.6 is 0 Å². The number of halogens is 2. The van der Waals surface area contributed by atoms with Crippen molar-refractivity contribution in [1.82, 2.24) is 10.1 Å². The number of benzene rings is 1. The van der Waals surface area contributed by atoms with Crippen LogP contribution in [0, 0.1) is 29.9 Å². The number of anilines is 1. The fourth-order valence-corrected chi connectivity index (χ4v) is 4.97. The number of azo groups is 1. The number of hydrogen-bond acceptors (Lipinski definition) is 6. The smallest absolute Gasteiger partial charge is 0.315 e. The number of nitrogens with zero attached hydrogens (tertiary/aromatic N) is 4. The number of fused-ring (bicyclic) bond motifs is 5. The molecule has 0 radical (unpaired) electrons. The van der Waals surface area contributed by atoms with E-state index in [2.05, 4.69) is 25.7 Å². The second kappa shape index (κ2) is 6.65. The molecule has 5 rings (SSSR count). The van der Waals surface area contributed by atoms with Gasteiger partial charge in [-0.3, -0.25) is 10.1 Å². The van der Waals surface area contributed by atoms with Crippen LogP contribution in [0.5, 0.6) is 0 Å². The Hall–Kier alpha value is -3.23. The molecule has 3 aliphatic rings. The van der Waals surface area contributed by atoms with Crippen molar-refractivity contribution in [2.45, 2.75) is 39.2 Å². The Bertz CT molecular complexity index is 1130. The lowest BCUT2D eigenvalue weighted by atomic mass is 9.69. The third-order valence-electron chi connectivity index (χ3n) is 6.37. The van der Waals surface area contributed by atoms with Gasteiger partial charge in [0, 0.05) is 0 Å². The predicted octanol–water partition coefficient (Wildman–Crippen LogP) is 4.59. The van der Waals surface area contributed by atoms with E-state index in [-0.39, 0.29) is 29.1 Å². The summed E-state index contributed by atoms with van der Waals surface area (Å²) in [6.07, 6.45) is 3.70. The van der Waals surface area contributed by atoms with Crippen LogP contribution in [0.25, 0.3) is 5.70 Å². The van der Waals surface area contributed by atoms with Crippen LogP contribution in [0.15, 0.2) is 50.2 Å². The van der Waals surface area contributed by atoms with E-state index < -0.39 is 23.1 Å². The molecule has 2 heterocycles. The predicted molar refractivity (Wildman–Crippen MR) is 103 cm³/mol. The van der Waals surface area contributed by atoms with Crippen LogP contribution in [0.2, 0.25) is 0 Å². The second-order valence-corrected chi connectivity index (χ2v) is 8.08. The second-order valence-electron chi connectivity index (χ2n) is 8.08. The van der Waals surface area contributed by atoms with E-state index in [0.717, 1.165) is 17.6 Å². The summed E-state index contributed by atoms with van der Waals surface area (Å²) in [4.78, 5) is 17.3. The monoisotopic (exact) mass is 411 g/mol. The SMILES string of the molecule is CC1=C2C=C(c3c(F)cccc3F)N=NC1[C@]1(C(=O)Nc3nc(C)no3)CC[C@H]2C1. The molecule has 1 N–H and O–H groups in total. The number of allylic oxidation sites excluding steroid dienone is 2. The first kappa shape index (κ1) is 18.8. The average molecular weight is 411 g/mol. The third-order valence-corrected chi connectivity index (χ3v) is 6.37. The molecular weight excluding hydrogens is 392 g/mol. The zero-order valence-corrected chi connectivity index (χ0v) is 16.4. The largest absolute Gasteiger partial charge is 0.328 e. The molecule has 7 nitrogen and oxygen atoms in total. The average Bonchev–Trinajstić information content (AvgIpc) is 3.27. The first-order valence-electron chi connectivity index (χ1n) is 9.78. The van der Waals surface area contributed by atoms with Crippen molar-refractivity contribution in [2.24, 2.45) is 21.6 Å². The minimum absolute atomic E-state index is 0.0422. The Kier molecular flexibility index (Phi) is 4.16. The molecule has 0 spiro atoms. The molecule has 0 saturated heterocycles. The number of carbonyl (C=O) groups is 1. The molecule has 3 atom stereocenters. The summed E-state index contributed by atoms with van der Waals surface area (Å²) in [7, 11) is 0. The van der Waals surface area contributed by atoms with Gasteiger partial charge in [0.1, 0.15) is 17.7 Å². The van der Waals surface area contributed by atoms with E-state index in [1.54, 1.807) is 13.0 Å². The van der Waals surface area contributed by atoms with E-state index in [1.165, 1.54) is 18.2 Å². The Balaban J connectivity index is 1.55. The highest BCUT2D eigenvalue weighted by atomic mass is 19.1. The van der Waals surface area contributed by atoms with Crippen LogP contribution in [-0.4, -0.2) is 22.1 Å². The third kappa shape index (κ3) is 2.72. The van der Waals surface area contributed by atoms with E-state index in [4.69, 9.17) is 4.52 Å². The number of nitrogens with one attached hydrogen (secondary N) is 1. The first-order chi connectivity index (χ1) is 14.4. The zero-order valence-electron chi connectivity index (χ0n) is 16.4. The van der Waals surface area contributed by atoms with Gasteiger partial charge in [-0.25, -0.2) is 8.78 Å². The summed E-state index contributed by atoms with van der Waals surface area (Å²) >= 11 is 0. The molecule has 1 aromatic carbocycles. The summed E-state index contributed by atoms with van der Waals surface area (Å²) in [5.74, 6) is -1.14. The highest BCUT2D eigenvalue weighted by Gasteiger charge is 2.56.